The van der Waals surface area contributed by atoms with Crippen molar-refractivity contribution in [3.8, 4) is 11.5 Å². The molecule has 112 valence electrons. The molecule has 1 unspecified atom stereocenters. The van der Waals surface area contributed by atoms with E-state index in [0.29, 0.717) is 11.5 Å². The molecule has 1 rings (SSSR count). The summed E-state index contributed by atoms with van der Waals surface area (Å²) in [5.74, 6) is 0.474. The normalized spacial score (nSPS) is 12.0. The third-order valence-electron chi connectivity index (χ3n) is 2.83. The standard InChI is InChI=1S/C14H21BrN2O3/c1-4-17-7-10-5-11(15)13(12(6-10)19-3)20-8-9(2)14(16)18/h5-6,9,17H,4,7-8H2,1-3H3,(H2,16,18). The first-order chi connectivity index (χ1) is 9.49. The van der Waals surface area contributed by atoms with E-state index in [1.807, 2.05) is 12.1 Å². The van der Waals surface area contributed by atoms with E-state index in [1.165, 1.54) is 0 Å². The Morgan fingerprint density at radius 2 is 2.20 bits per heavy atom. The van der Waals surface area contributed by atoms with E-state index in [0.717, 1.165) is 23.1 Å². The van der Waals surface area contributed by atoms with Crippen LogP contribution in [0.4, 0.5) is 0 Å². The number of hydrogen-bond donors (Lipinski definition) is 2. The summed E-state index contributed by atoms with van der Waals surface area (Å²) >= 11 is 3.47. The molecule has 0 aliphatic heterocycles. The van der Waals surface area contributed by atoms with E-state index in [2.05, 4.69) is 28.2 Å². The molecule has 0 saturated heterocycles. The lowest BCUT2D eigenvalue weighted by Gasteiger charge is -2.16. The van der Waals surface area contributed by atoms with Gasteiger partial charge in [0.05, 0.1) is 24.1 Å². The smallest absolute Gasteiger partial charge is 0.223 e. The van der Waals surface area contributed by atoms with Gasteiger partial charge in [-0.1, -0.05) is 13.8 Å². The molecule has 0 aliphatic rings. The van der Waals surface area contributed by atoms with E-state index in [-0.39, 0.29) is 18.4 Å². The molecule has 0 fully saturated rings. The van der Waals surface area contributed by atoms with Crippen LogP contribution in [-0.4, -0.2) is 26.2 Å². The molecule has 5 nitrogen and oxygen atoms in total. The van der Waals surface area contributed by atoms with Gasteiger partial charge in [-0.05, 0) is 40.2 Å². The van der Waals surface area contributed by atoms with Crippen LogP contribution >= 0.6 is 15.9 Å². The monoisotopic (exact) mass is 344 g/mol. The largest absolute Gasteiger partial charge is 0.493 e. The van der Waals surface area contributed by atoms with Crippen molar-refractivity contribution in [2.45, 2.75) is 20.4 Å². The van der Waals surface area contributed by atoms with Gasteiger partial charge in [-0.3, -0.25) is 4.79 Å². The van der Waals surface area contributed by atoms with E-state index >= 15 is 0 Å². The maximum atomic E-state index is 11.0. The molecule has 0 saturated carbocycles. The highest BCUT2D eigenvalue weighted by Gasteiger charge is 2.15. The van der Waals surface area contributed by atoms with Gasteiger partial charge in [0, 0.05) is 6.54 Å². The van der Waals surface area contributed by atoms with Crippen molar-refractivity contribution in [3.63, 3.8) is 0 Å². The van der Waals surface area contributed by atoms with Gasteiger partial charge in [-0.15, -0.1) is 0 Å². The Kier molecular flexibility index (Phi) is 6.81. The van der Waals surface area contributed by atoms with Gasteiger partial charge in [0.1, 0.15) is 0 Å². The second-order valence-corrected chi connectivity index (χ2v) is 5.36. The summed E-state index contributed by atoms with van der Waals surface area (Å²) in [5, 5.41) is 3.25. The number of hydrogen-bond acceptors (Lipinski definition) is 4. The summed E-state index contributed by atoms with van der Waals surface area (Å²) in [6.45, 7) is 5.64. The average molecular weight is 345 g/mol. The van der Waals surface area contributed by atoms with E-state index in [1.54, 1.807) is 14.0 Å². The third kappa shape index (κ3) is 4.68. The highest BCUT2D eigenvalue weighted by Crippen LogP contribution is 2.36. The van der Waals surface area contributed by atoms with Crippen LogP contribution in [0.3, 0.4) is 0 Å². The maximum absolute atomic E-state index is 11.0. The van der Waals surface area contributed by atoms with E-state index in [9.17, 15) is 4.79 Å². The zero-order valence-electron chi connectivity index (χ0n) is 12.0. The molecule has 1 aromatic rings. The summed E-state index contributed by atoms with van der Waals surface area (Å²) in [7, 11) is 1.59. The van der Waals surface area contributed by atoms with Gasteiger partial charge >= 0.3 is 0 Å². The molecule has 0 bridgehead atoms. The highest BCUT2D eigenvalue weighted by atomic mass is 79.9. The van der Waals surface area contributed by atoms with Crippen LogP contribution in [0.15, 0.2) is 16.6 Å². The van der Waals surface area contributed by atoms with Crippen molar-refractivity contribution in [2.24, 2.45) is 11.7 Å². The first kappa shape index (κ1) is 16.8. The topological polar surface area (TPSA) is 73.6 Å². The predicted molar refractivity (Wildman–Crippen MR) is 81.9 cm³/mol. The van der Waals surface area contributed by atoms with E-state index < -0.39 is 0 Å². The number of nitrogens with one attached hydrogen (secondary N) is 1. The minimum atomic E-state index is -0.385. The highest BCUT2D eigenvalue weighted by molar-refractivity contribution is 9.10. The van der Waals surface area contributed by atoms with E-state index in [4.69, 9.17) is 15.2 Å². The fraction of sp³-hybridized carbons (Fsp3) is 0.500. The molecule has 0 aliphatic carbocycles. The Labute approximate surface area is 127 Å². The number of amides is 1. The van der Waals surface area contributed by atoms with Gasteiger partial charge < -0.3 is 20.5 Å². The number of benzene rings is 1. The SMILES string of the molecule is CCNCc1cc(Br)c(OCC(C)C(N)=O)c(OC)c1. The molecule has 3 N–H and O–H groups in total. The van der Waals surface area contributed by atoms with Gasteiger partial charge in [0.25, 0.3) is 0 Å². The number of nitrogens with two attached hydrogens (primary N) is 1. The van der Waals surface area contributed by atoms with Crippen LogP contribution in [0.25, 0.3) is 0 Å². The Hall–Kier alpha value is -1.27. The Morgan fingerprint density at radius 1 is 1.50 bits per heavy atom. The number of methoxy groups -OCH3 is 1. The van der Waals surface area contributed by atoms with Gasteiger partial charge in [-0.25, -0.2) is 0 Å². The lowest BCUT2D eigenvalue weighted by Crippen LogP contribution is -2.26. The van der Waals surface area contributed by atoms with Gasteiger partial charge in [0.2, 0.25) is 5.91 Å². The second-order valence-electron chi connectivity index (χ2n) is 4.50. The van der Waals surface area contributed by atoms with Crippen LogP contribution in [0.5, 0.6) is 11.5 Å². The minimum absolute atomic E-state index is 0.219. The molecule has 1 atom stereocenters. The Bertz CT molecular complexity index is 466. The summed E-state index contributed by atoms with van der Waals surface area (Å²) in [6, 6.07) is 3.88. The Balaban J connectivity index is 2.87. The zero-order chi connectivity index (χ0) is 15.1. The van der Waals surface area contributed by atoms with Gasteiger partial charge in [-0.2, -0.15) is 0 Å². The van der Waals surface area contributed by atoms with Crippen LogP contribution in [0.2, 0.25) is 0 Å². The number of primary amides is 1. The zero-order valence-corrected chi connectivity index (χ0v) is 13.6. The maximum Gasteiger partial charge on any atom is 0.223 e. The summed E-state index contributed by atoms with van der Waals surface area (Å²) in [4.78, 5) is 11.0. The van der Waals surface area contributed by atoms with Crippen molar-refractivity contribution < 1.29 is 14.3 Å². The molecule has 0 heterocycles. The second kappa shape index (κ2) is 8.11. The van der Waals surface area contributed by atoms with Crippen molar-refractivity contribution in [2.75, 3.05) is 20.3 Å². The lowest BCUT2D eigenvalue weighted by atomic mass is 10.2. The molecular weight excluding hydrogens is 324 g/mol. The fourth-order valence-electron chi connectivity index (χ4n) is 1.58. The van der Waals surface area contributed by atoms with Crippen LogP contribution < -0.4 is 20.5 Å². The summed E-state index contributed by atoms with van der Waals surface area (Å²) in [5.41, 5.74) is 6.31. The Morgan fingerprint density at radius 3 is 2.75 bits per heavy atom. The minimum Gasteiger partial charge on any atom is -0.493 e. The van der Waals surface area contributed by atoms with Crippen molar-refractivity contribution >= 4 is 21.8 Å². The number of rotatable bonds is 8. The lowest BCUT2D eigenvalue weighted by molar-refractivity contribution is -0.122. The molecule has 0 spiro atoms. The van der Waals surface area contributed by atoms with Crippen molar-refractivity contribution in [3.05, 3.63) is 22.2 Å². The van der Waals surface area contributed by atoms with Crippen molar-refractivity contribution in [1.29, 1.82) is 0 Å². The number of carbonyl (C=O) groups is 1. The van der Waals surface area contributed by atoms with Gasteiger partial charge in [0.15, 0.2) is 11.5 Å². The summed E-state index contributed by atoms with van der Waals surface area (Å²) in [6.07, 6.45) is 0. The van der Waals surface area contributed by atoms with Crippen LogP contribution in [-0.2, 0) is 11.3 Å². The quantitative estimate of drug-likeness (QED) is 0.757. The predicted octanol–water partition coefficient (Wildman–Crippen LogP) is 2.07. The first-order valence-electron chi connectivity index (χ1n) is 6.48. The average Bonchev–Trinajstić information content (AvgIpc) is 2.42. The molecule has 6 heteroatoms. The first-order valence-corrected chi connectivity index (χ1v) is 7.28. The number of carbonyl (C=O) groups excluding carboxylic acids is 1. The fourth-order valence-corrected chi connectivity index (χ4v) is 2.18. The number of ether oxygens (including phenoxy) is 2. The summed E-state index contributed by atoms with van der Waals surface area (Å²) < 4.78 is 11.8. The third-order valence-corrected chi connectivity index (χ3v) is 3.42. The van der Waals surface area contributed by atoms with Crippen LogP contribution in [0.1, 0.15) is 19.4 Å². The molecule has 0 radical (unpaired) electrons. The molecule has 1 aromatic carbocycles. The van der Waals surface area contributed by atoms with Crippen molar-refractivity contribution in [1.82, 2.24) is 5.32 Å². The number of halogens is 1. The van der Waals surface area contributed by atoms with Crippen LogP contribution in [0, 0.1) is 5.92 Å². The molecule has 1 amide bonds. The molecule has 0 aromatic heterocycles. The molecule has 20 heavy (non-hydrogen) atoms. The molecular formula is C14H21BrN2O3.